The molecular formula is C13H8N2O2. The van der Waals surface area contributed by atoms with Crippen molar-refractivity contribution >= 4 is 0 Å². The average molecular weight is 224 g/mol. The summed E-state index contributed by atoms with van der Waals surface area (Å²) < 4.78 is 0. The van der Waals surface area contributed by atoms with Crippen LogP contribution in [0.2, 0.25) is 0 Å². The Morgan fingerprint density at radius 1 is 1.18 bits per heavy atom. The number of aromatic hydroxyl groups is 1. The molecule has 1 N–H and O–H groups in total. The van der Waals surface area contributed by atoms with Crippen molar-refractivity contribution in [1.29, 1.82) is 5.26 Å². The highest BCUT2D eigenvalue weighted by atomic mass is 16.3. The lowest BCUT2D eigenvalue weighted by Crippen LogP contribution is -1.94. The molecule has 2 rings (SSSR count). The summed E-state index contributed by atoms with van der Waals surface area (Å²) in [5, 5.41) is 18.0. The predicted molar refractivity (Wildman–Crippen MR) is 62.3 cm³/mol. The lowest BCUT2D eigenvalue weighted by molar-refractivity contribution is 0.471. The van der Waals surface area contributed by atoms with E-state index in [0.29, 0.717) is 16.7 Å². The van der Waals surface area contributed by atoms with Crippen molar-refractivity contribution in [1.82, 2.24) is 4.98 Å². The first-order valence-electron chi connectivity index (χ1n) is 4.89. The third-order valence-corrected chi connectivity index (χ3v) is 2.27. The van der Waals surface area contributed by atoms with Gasteiger partial charge < -0.3 is 5.11 Å². The predicted octanol–water partition coefficient (Wildman–Crippen LogP) is 1.69. The highest BCUT2D eigenvalue weighted by Crippen LogP contribution is 2.17. The van der Waals surface area contributed by atoms with Crippen molar-refractivity contribution in [2.24, 2.45) is 0 Å². The standard InChI is InChI=1S/C13H8N2O2/c14-6-9-4-11(8-15-7-9)10-2-1-3-12(16)13(17)5-10/h1-5,7-8H,(H,16,17). The van der Waals surface area contributed by atoms with Gasteiger partial charge in [0.05, 0.1) is 5.56 Å². The van der Waals surface area contributed by atoms with Crippen LogP contribution in [0, 0.1) is 11.3 Å². The topological polar surface area (TPSA) is 74.0 Å². The Kier molecular flexibility index (Phi) is 2.84. The smallest absolute Gasteiger partial charge is 0.220 e. The Labute approximate surface area is 97.4 Å². The fraction of sp³-hybridized carbons (Fsp3) is 0. The summed E-state index contributed by atoms with van der Waals surface area (Å²) in [5.74, 6) is -0.305. The summed E-state index contributed by atoms with van der Waals surface area (Å²) in [6.45, 7) is 0. The van der Waals surface area contributed by atoms with E-state index in [1.807, 2.05) is 6.07 Å². The molecule has 4 nitrogen and oxygen atoms in total. The summed E-state index contributed by atoms with van der Waals surface area (Å²) in [7, 11) is 0. The van der Waals surface area contributed by atoms with Crippen molar-refractivity contribution in [3.05, 3.63) is 58.5 Å². The first-order valence-corrected chi connectivity index (χ1v) is 4.89. The van der Waals surface area contributed by atoms with E-state index in [0.717, 1.165) is 0 Å². The van der Waals surface area contributed by atoms with Gasteiger partial charge in [0, 0.05) is 18.0 Å². The van der Waals surface area contributed by atoms with Crippen molar-refractivity contribution in [3.63, 3.8) is 0 Å². The summed E-state index contributed by atoms with van der Waals surface area (Å²) in [5.41, 5.74) is 1.23. The lowest BCUT2D eigenvalue weighted by Gasteiger charge is -1.97. The molecule has 0 fully saturated rings. The van der Waals surface area contributed by atoms with Gasteiger partial charge in [0.1, 0.15) is 6.07 Å². The van der Waals surface area contributed by atoms with E-state index in [1.165, 1.54) is 18.3 Å². The molecule has 1 aromatic carbocycles. The normalized spacial score (nSPS) is 9.59. The number of nitriles is 1. The quantitative estimate of drug-likeness (QED) is 0.799. The SMILES string of the molecule is N#Cc1cncc(-c2cccc(O)c(=O)c2)c1. The first-order chi connectivity index (χ1) is 8.20. The minimum absolute atomic E-state index is 0.305. The van der Waals surface area contributed by atoms with Gasteiger partial charge >= 0.3 is 0 Å². The summed E-state index contributed by atoms with van der Waals surface area (Å²) in [6.07, 6.45) is 3.01. The second-order valence-electron chi connectivity index (χ2n) is 3.45. The maximum absolute atomic E-state index is 11.4. The van der Waals surface area contributed by atoms with Crippen LogP contribution < -0.4 is 5.43 Å². The second-order valence-corrected chi connectivity index (χ2v) is 3.45. The van der Waals surface area contributed by atoms with Gasteiger partial charge in [-0.2, -0.15) is 5.26 Å². The molecule has 2 aromatic rings. The van der Waals surface area contributed by atoms with Crippen LogP contribution in [-0.2, 0) is 0 Å². The van der Waals surface area contributed by atoms with Gasteiger partial charge in [-0.15, -0.1) is 0 Å². The minimum Gasteiger partial charge on any atom is -0.504 e. The average Bonchev–Trinajstić information content (AvgIpc) is 2.52. The number of rotatable bonds is 1. The fourth-order valence-corrected chi connectivity index (χ4v) is 1.43. The highest BCUT2D eigenvalue weighted by Gasteiger charge is 2.01. The van der Waals surface area contributed by atoms with Gasteiger partial charge in [0.2, 0.25) is 5.43 Å². The third kappa shape index (κ3) is 2.29. The van der Waals surface area contributed by atoms with E-state index in [1.54, 1.807) is 24.4 Å². The Morgan fingerprint density at radius 3 is 2.76 bits per heavy atom. The van der Waals surface area contributed by atoms with Gasteiger partial charge in [0.25, 0.3) is 0 Å². The number of pyridine rings is 1. The van der Waals surface area contributed by atoms with E-state index in [9.17, 15) is 9.90 Å². The molecule has 4 heteroatoms. The molecule has 0 bridgehead atoms. The number of hydrogen-bond donors (Lipinski definition) is 1. The zero-order chi connectivity index (χ0) is 12.3. The molecule has 0 aliphatic rings. The molecule has 0 saturated heterocycles. The zero-order valence-electron chi connectivity index (χ0n) is 8.79. The molecule has 0 saturated carbocycles. The molecule has 0 spiro atoms. The summed E-state index contributed by atoms with van der Waals surface area (Å²) in [6, 6.07) is 9.51. The molecule has 0 unspecified atom stereocenters. The van der Waals surface area contributed by atoms with Crippen LogP contribution in [0.25, 0.3) is 11.1 Å². The molecule has 17 heavy (non-hydrogen) atoms. The Hall–Kier alpha value is -2.67. The van der Waals surface area contributed by atoms with E-state index >= 15 is 0 Å². The van der Waals surface area contributed by atoms with Crippen molar-refractivity contribution in [2.45, 2.75) is 0 Å². The van der Waals surface area contributed by atoms with Gasteiger partial charge in [0.15, 0.2) is 5.75 Å². The highest BCUT2D eigenvalue weighted by molar-refractivity contribution is 5.63. The molecule has 0 aliphatic carbocycles. The van der Waals surface area contributed by atoms with E-state index in [4.69, 9.17) is 5.26 Å². The monoisotopic (exact) mass is 224 g/mol. The molecule has 0 radical (unpaired) electrons. The van der Waals surface area contributed by atoms with Crippen LogP contribution in [0.4, 0.5) is 0 Å². The Bertz CT molecular complexity index is 660. The minimum atomic E-state index is -0.465. The molecule has 0 atom stereocenters. The van der Waals surface area contributed by atoms with Gasteiger partial charge in [-0.3, -0.25) is 9.78 Å². The second kappa shape index (κ2) is 4.45. The van der Waals surface area contributed by atoms with E-state index in [2.05, 4.69) is 4.98 Å². The maximum Gasteiger partial charge on any atom is 0.220 e. The van der Waals surface area contributed by atoms with Gasteiger partial charge in [-0.05, 0) is 23.8 Å². The van der Waals surface area contributed by atoms with Crippen LogP contribution in [0.3, 0.4) is 0 Å². The molecule has 0 amide bonds. The summed E-state index contributed by atoms with van der Waals surface area (Å²) >= 11 is 0. The van der Waals surface area contributed by atoms with E-state index < -0.39 is 5.43 Å². The molecule has 82 valence electrons. The molecule has 1 aromatic heterocycles. The van der Waals surface area contributed by atoms with Gasteiger partial charge in [-0.1, -0.05) is 12.1 Å². The number of hydrogen-bond acceptors (Lipinski definition) is 4. The zero-order valence-corrected chi connectivity index (χ0v) is 8.79. The van der Waals surface area contributed by atoms with Gasteiger partial charge in [-0.25, -0.2) is 0 Å². The molecular weight excluding hydrogens is 216 g/mol. The molecule has 0 aliphatic heterocycles. The van der Waals surface area contributed by atoms with Crippen LogP contribution in [0.1, 0.15) is 5.56 Å². The van der Waals surface area contributed by atoms with Crippen molar-refractivity contribution in [2.75, 3.05) is 0 Å². The number of aromatic nitrogens is 1. The van der Waals surface area contributed by atoms with Crippen LogP contribution in [-0.4, -0.2) is 10.1 Å². The Balaban J connectivity index is 2.62. The van der Waals surface area contributed by atoms with Crippen LogP contribution in [0.5, 0.6) is 5.75 Å². The Morgan fingerprint density at radius 2 is 2.00 bits per heavy atom. The van der Waals surface area contributed by atoms with Crippen LogP contribution in [0.15, 0.2) is 47.5 Å². The number of nitrogens with zero attached hydrogens (tertiary/aromatic N) is 2. The van der Waals surface area contributed by atoms with Crippen LogP contribution >= 0.6 is 0 Å². The molecule has 1 heterocycles. The van der Waals surface area contributed by atoms with Crippen molar-refractivity contribution in [3.8, 4) is 22.9 Å². The largest absolute Gasteiger partial charge is 0.504 e. The van der Waals surface area contributed by atoms with Crippen molar-refractivity contribution < 1.29 is 5.11 Å². The third-order valence-electron chi connectivity index (χ3n) is 2.27. The first kappa shape index (κ1) is 10.8. The fourth-order valence-electron chi connectivity index (χ4n) is 1.43. The lowest BCUT2D eigenvalue weighted by atomic mass is 10.1. The summed E-state index contributed by atoms with van der Waals surface area (Å²) in [4.78, 5) is 15.3. The van der Waals surface area contributed by atoms with E-state index in [-0.39, 0.29) is 5.75 Å². The maximum atomic E-state index is 11.4.